The van der Waals surface area contributed by atoms with Crippen LogP contribution in [-0.2, 0) is 0 Å². The lowest BCUT2D eigenvalue weighted by Gasteiger charge is -2.11. The molecule has 0 atom stereocenters. The third-order valence-corrected chi connectivity index (χ3v) is 5.64. The quantitative estimate of drug-likeness (QED) is 0.399. The lowest BCUT2D eigenvalue weighted by molar-refractivity contribution is 0.0520. The number of amides is 2. The van der Waals surface area contributed by atoms with Crippen molar-refractivity contribution in [3.63, 3.8) is 0 Å². The predicted octanol–water partition coefficient (Wildman–Crippen LogP) is 4.84. The maximum absolute atomic E-state index is 13.5. The summed E-state index contributed by atoms with van der Waals surface area (Å²) in [6.07, 6.45) is -1.87. The second-order valence-corrected chi connectivity index (χ2v) is 7.50. The van der Waals surface area contributed by atoms with Crippen LogP contribution in [0.5, 0.6) is 0 Å². The molecule has 0 bridgehead atoms. The Labute approximate surface area is 181 Å². The molecule has 0 saturated heterocycles. The average Bonchev–Trinajstić information content (AvgIpc) is 3.39. The zero-order valence-electron chi connectivity index (χ0n) is 15.9. The highest BCUT2D eigenvalue weighted by Crippen LogP contribution is 2.42. The van der Waals surface area contributed by atoms with E-state index in [4.69, 9.17) is 5.73 Å². The molecule has 0 unspecified atom stereocenters. The minimum Gasteiger partial charge on any atom is -0.365 e. The molecule has 12 heteroatoms. The van der Waals surface area contributed by atoms with Gasteiger partial charge in [0.1, 0.15) is 21.1 Å². The van der Waals surface area contributed by atoms with E-state index in [1.165, 1.54) is 0 Å². The van der Waals surface area contributed by atoms with Crippen LogP contribution in [0.15, 0.2) is 48.7 Å². The van der Waals surface area contributed by atoms with Gasteiger partial charge in [0.2, 0.25) is 0 Å². The summed E-state index contributed by atoms with van der Waals surface area (Å²) in [4.78, 5) is 28.6. The molecule has 0 saturated carbocycles. The number of carbonyl (C=O) groups excluding carboxylic acids is 2. The van der Waals surface area contributed by atoms with Gasteiger partial charge in [0.05, 0.1) is 5.69 Å². The van der Waals surface area contributed by atoms with Crippen LogP contribution in [-0.4, -0.2) is 26.6 Å². The third kappa shape index (κ3) is 3.80. The van der Waals surface area contributed by atoms with Crippen LogP contribution in [0, 0.1) is 0 Å². The normalized spacial score (nSPS) is 11.4. The van der Waals surface area contributed by atoms with Gasteiger partial charge in [0.15, 0.2) is 0 Å². The van der Waals surface area contributed by atoms with Crippen molar-refractivity contribution < 1.29 is 27.2 Å². The number of pyridine rings is 1. The van der Waals surface area contributed by atoms with Crippen LogP contribution in [0.25, 0.3) is 21.3 Å². The van der Waals surface area contributed by atoms with Crippen molar-refractivity contribution >= 4 is 39.1 Å². The van der Waals surface area contributed by atoms with Gasteiger partial charge in [-0.05, 0) is 23.3 Å². The maximum atomic E-state index is 13.5. The van der Waals surface area contributed by atoms with Crippen LogP contribution in [0.1, 0.15) is 38.8 Å². The summed E-state index contributed by atoms with van der Waals surface area (Å²) in [6, 6.07) is 10.6. The smallest absolute Gasteiger partial charge is 0.333 e. The van der Waals surface area contributed by atoms with Crippen LogP contribution >= 0.6 is 11.3 Å². The third-order valence-electron chi connectivity index (χ3n) is 4.54. The van der Waals surface area contributed by atoms with Gasteiger partial charge in [-0.2, -0.15) is 18.6 Å². The molecule has 3 aromatic heterocycles. The number of benzene rings is 1. The Balaban J connectivity index is 1.95. The molecule has 0 spiro atoms. The van der Waals surface area contributed by atoms with Gasteiger partial charge in [-0.15, -0.1) is 11.3 Å². The first kappa shape index (κ1) is 21.4. The van der Waals surface area contributed by atoms with Gasteiger partial charge < -0.3 is 11.1 Å². The maximum Gasteiger partial charge on any atom is 0.333 e. The Morgan fingerprint density at radius 3 is 2.44 bits per heavy atom. The summed E-state index contributed by atoms with van der Waals surface area (Å²) in [5.74, 6) is -1.93. The van der Waals surface area contributed by atoms with Gasteiger partial charge >= 0.3 is 6.55 Å². The molecule has 2 amide bonds. The van der Waals surface area contributed by atoms with E-state index in [2.05, 4.69) is 15.4 Å². The Bertz CT molecular complexity index is 1320. The second kappa shape index (κ2) is 8.38. The molecule has 3 heterocycles. The van der Waals surface area contributed by atoms with E-state index >= 15 is 0 Å². The number of hydrogen-bond acceptors (Lipinski definition) is 5. The minimum atomic E-state index is -3.07. The summed E-state index contributed by atoms with van der Waals surface area (Å²) in [6.45, 7) is -3.07. The molecule has 0 fully saturated rings. The zero-order valence-corrected chi connectivity index (χ0v) is 16.7. The molecule has 164 valence electrons. The summed E-state index contributed by atoms with van der Waals surface area (Å²) in [5.41, 5.74) is 5.14. The van der Waals surface area contributed by atoms with E-state index in [0.717, 1.165) is 29.7 Å². The van der Waals surface area contributed by atoms with Crippen molar-refractivity contribution in [2.24, 2.45) is 5.73 Å². The van der Waals surface area contributed by atoms with Crippen molar-refractivity contribution in [1.29, 1.82) is 0 Å². The van der Waals surface area contributed by atoms with Crippen molar-refractivity contribution in [3.8, 4) is 11.1 Å². The van der Waals surface area contributed by atoms with E-state index in [1.54, 1.807) is 30.3 Å². The van der Waals surface area contributed by atoms with Crippen LogP contribution in [0.3, 0.4) is 0 Å². The van der Waals surface area contributed by atoms with Gasteiger partial charge in [0, 0.05) is 11.6 Å². The number of fused-ring (bicyclic) bond motifs is 1. The largest absolute Gasteiger partial charge is 0.365 e. The number of rotatable bonds is 6. The van der Waals surface area contributed by atoms with Crippen LogP contribution in [0.2, 0.25) is 0 Å². The molecule has 0 aliphatic heterocycles. The molecule has 1 aromatic carbocycles. The number of nitrogens with one attached hydrogen (secondary N) is 1. The van der Waals surface area contributed by atoms with E-state index in [1.807, 2.05) is 0 Å². The molecule has 32 heavy (non-hydrogen) atoms. The fourth-order valence-corrected chi connectivity index (χ4v) is 4.21. The van der Waals surface area contributed by atoms with Gasteiger partial charge in [-0.1, -0.05) is 30.3 Å². The number of hydrogen-bond donors (Lipinski definition) is 2. The van der Waals surface area contributed by atoms with E-state index in [0.29, 0.717) is 5.56 Å². The highest BCUT2D eigenvalue weighted by atomic mass is 32.1. The predicted molar refractivity (Wildman–Crippen MR) is 110 cm³/mol. The summed E-state index contributed by atoms with van der Waals surface area (Å²) in [5, 5.41) is 6.01. The molecule has 4 rings (SSSR count). The highest BCUT2D eigenvalue weighted by Gasteiger charge is 2.26. The Morgan fingerprint density at radius 2 is 1.81 bits per heavy atom. The number of primary amides is 1. The number of carbonyl (C=O) groups is 2. The number of nitrogens with two attached hydrogens (primary N) is 1. The molecule has 7 nitrogen and oxygen atoms in total. The first-order chi connectivity index (χ1) is 15.3. The number of halogens is 4. The number of thiophene rings is 1. The Morgan fingerprint density at radius 1 is 1.09 bits per heavy atom. The van der Waals surface area contributed by atoms with Crippen molar-refractivity contribution in [1.82, 2.24) is 14.8 Å². The lowest BCUT2D eigenvalue weighted by Crippen LogP contribution is -2.20. The molecule has 0 radical (unpaired) electrons. The van der Waals surface area contributed by atoms with E-state index in [9.17, 15) is 27.2 Å². The van der Waals surface area contributed by atoms with Crippen molar-refractivity contribution in [2.45, 2.75) is 13.0 Å². The number of aromatic nitrogens is 3. The van der Waals surface area contributed by atoms with Crippen LogP contribution < -0.4 is 11.1 Å². The summed E-state index contributed by atoms with van der Waals surface area (Å²) < 4.78 is 53.4. The zero-order chi connectivity index (χ0) is 23.0. The first-order valence-electron chi connectivity index (χ1n) is 9.01. The molecule has 0 aliphatic carbocycles. The van der Waals surface area contributed by atoms with E-state index < -0.39 is 36.2 Å². The highest BCUT2D eigenvalue weighted by molar-refractivity contribution is 7.21. The summed E-state index contributed by atoms with van der Waals surface area (Å²) in [7, 11) is 0. The number of alkyl halides is 4. The average molecular weight is 463 g/mol. The molecular weight excluding hydrogens is 450 g/mol. The van der Waals surface area contributed by atoms with E-state index in [-0.39, 0.29) is 31.0 Å². The molecule has 0 aliphatic rings. The fourth-order valence-electron chi connectivity index (χ4n) is 3.19. The van der Waals surface area contributed by atoms with Crippen LogP contribution in [0.4, 0.5) is 23.2 Å². The molecule has 3 N–H and O–H groups in total. The standard InChI is InChI=1S/C20H13F4N5O2S/c21-16(22)11-8-10(9-4-2-1-3-5-9)13-14(15(17(25)30)32-19(13)27-11)28-18(31)12-6-7-26-29(12)20(23)24/h1-8,16,20H,(H2,25,30)(H,28,31). The van der Waals surface area contributed by atoms with Gasteiger partial charge in [0.25, 0.3) is 18.2 Å². The van der Waals surface area contributed by atoms with Gasteiger partial charge in [-0.25, -0.2) is 13.8 Å². The van der Waals surface area contributed by atoms with Crippen molar-refractivity contribution in [3.05, 3.63) is 64.9 Å². The minimum absolute atomic E-state index is 0.0353. The SMILES string of the molecule is NC(=O)c1sc2nc(C(F)F)cc(-c3ccccc3)c2c1NC(=O)c1ccnn1C(F)F. The second-order valence-electron chi connectivity index (χ2n) is 6.50. The van der Waals surface area contributed by atoms with Crippen molar-refractivity contribution in [2.75, 3.05) is 5.32 Å². The Hall–Kier alpha value is -3.80. The lowest BCUT2D eigenvalue weighted by atomic mass is 10.0. The monoisotopic (exact) mass is 463 g/mol. The fraction of sp³-hybridized carbons (Fsp3) is 0.100. The topological polar surface area (TPSA) is 103 Å². The number of anilines is 1. The molecular formula is C20H13F4N5O2S. The summed E-state index contributed by atoms with van der Waals surface area (Å²) >= 11 is 0.718. The Kier molecular flexibility index (Phi) is 5.61. The molecule has 4 aromatic rings. The number of nitrogens with zero attached hydrogens (tertiary/aromatic N) is 3. The van der Waals surface area contributed by atoms with Gasteiger partial charge in [-0.3, -0.25) is 9.59 Å². The first-order valence-corrected chi connectivity index (χ1v) is 9.83.